The number of carbonyl (C=O) groups excluding carboxylic acids is 2. The van der Waals surface area contributed by atoms with Gasteiger partial charge >= 0.3 is 6.03 Å². The van der Waals surface area contributed by atoms with E-state index in [0.29, 0.717) is 31.2 Å². The predicted octanol–water partition coefficient (Wildman–Crippen LogP) is 2.90. The van der Waals surface area contributed by atoms with Crippen LogP contribution >= 0.6 is 0 Å². The number of nitrogens with zero attached hydrogens (tertiary/aromatic N) is 2. The van der Waals surface area contributed by atoms with Crippen molar-refractivity contribution >= 4 is 17.6 Å². The normalized spacial score (nSPS) is 18.7. The van der Waals surface area contributed by atoms with Crippen molar-refractivity contribution in [2.45, 2.75) is 32.1 Å². The number of hydrogen-bond donors (Lipinski definition) is 1. The minimum absolute atomic E-state index is 0.00820. The molecule has 1 saturated carbocycles. The molecule has 1 aromatic carbocycles. The van der Waals surface area contributed by atoms with Gasteiger partial charge in [-0.1, -0.05) is 19.3 Å². The summed E-state index contributed by atoms with van der Waals surface area (Å²) in [5, 5.41) is 2.91. The van der Waals surface area contributed by atoms with E-state index in [0.717, 1.165) is 25.0 Å². The SMILES string of the molecule is O=C(CN1CCN(c2ccc(F)c(F)c2)C1=O)NCC1CCCCC1. The summed E-state index contributed by atoms with van der Waals surface area (Å²) < 4.78 is 26.4. The lowest BCUT2D eigenvalue weighted by molar-refractivity contribution is -0.121. The second kappa shape index (κ2) is 7.80. The fourth-order valence-electron chi connectivity index (χ4n) is 3.50. The molecule has 25 heavy (non-hydrogen) atoms. The molecule has 1 saturated heterocycles. The third-order valence-electron chi connectivity index (χ3n) is 4.96. The molecule has 7 heteroatoms. The largest absolute Gasteiger partial charge is 0.354 e. The second-order valence-electron chi connectivity index (χ2n) is 6.76. The monoisotopic (exact) mass is 351 g/mol. The van der Waals surface area contributed by atoms with E-state index < -0.39 is 11.6 Å². The fourth-order valence-corrected chi connectivity index (χ4v) is 3.50. The van der Waals surface area contributed by atoms with Gasteiger partial charge in [0.2, 0.25) is 5.91 Å². The van der Waals surface area contributed by atoms with Crippen molar-refractivity contribution in [2.75, 3.05) is 31.1 Å². The van der Waals surface area contributed by atoms with Crippen LogP contribution in [0.4, 0.5) is 19.3 Å². The Morgan fingerprint density at radius 1 is 1.12 bits per heavy atom. The molecule has 136 valence electrons. The molecule has 3 amide bonds. The van der Waals surface area contributed by atoms with Gasteiger partial charge in [-0.15, -0.1) is 0 Å². The van der Waals surface area contributed by atoms with E-state index in [1.165, 1.54) is 35.1 Å². The molecule has 3 rings (SSSR count). The summed E-state index contributed by atoms with van der Waals surface area (Å²) in [6, 6.07) is 3.00. The molecule has 0 spiro atoms. The number of anilines is 1. The van der Waals surface area contributed by atoms with E-state index in [-0.39, 0.29) is 18.5 Å². The first kappa shape index (κ1) is 17.6. The summed E-state index contributed by atoms with van der Waals surface area (Å²) in [6.45, 7) is 1.38. The predicted molar refractivity (Wildman–Crippen MR) is 90.3 cm³/mol. The zero-order valence-electron chi connectivity index (χ0n) is 14.1. The molecule has 0 aromatic heterocycles. The van der Waals surface area contributed by atoms with E-state index in [1.54, 1.807) is 0 Å². The number of carbonyl (C=O) groups is 2. The highest BCUT2D eigenvalue weighted by molar-refractivity contribution is 5.96. The minimum atomic E-state index is -0.992. The van der Waals surface area contributed by atoms with Crippen LogP contribution in [0.5, 0.6) is 0 Å². The Morgan fingerprint density at radius 3 is 2.60 bits per heavy atom. The molecule has 0 atom stereocenters. The zero-order valence-corrected chi connectivity index (χ0v) is 14.1. The van der Waals surface area contributed by atoms with Gasteiger partial charge in [0.25, 0.3) is 0 Å². The average Bonchev–Trinajstić information content (AvgIpc) is 2.97. The maximum atomic E-state index is 13.4. The molecule has 1 N–H and O–H groups in total. The number of hydrogen-bond acceptors (Lipinski definition) is 2. The highest BCUT2D eigenvalue weighted by Gasteiger charge is 2.31. The van der Waals surface area contributed by atoms with Gasteiger partial charge in [-0.2, -0.15) is 0 Å². The second-order valence-corrected chi connectivity index (χ2v) is 6.76. The minimum Gasteiger partial charge on any atom is -0.354 e. The number of benzene rings is 1. The summed E-state index contributed by atoms with van der Waals surface area (Å²) in [7, 11) is 0. The average molecular weight is 351 g/mol. The Morgan fingerprint density at radius 2 is 1.88 bits per heavy atom. The van der Waals surface area contributed by atoms with Gasteiger partial charge in [-0.25, -0.2) is 13.6 Å². The number of rotatable bonds is 5. The topological polar surface area (TPSA) is 52.7 Å². The molecule has 2 aliphatic rings. The number of nitrogens with one attached hydrogen (secondary N) is 1. The third kappa shape index (κ3) is 4.27. The van der Waals surface area contributed by atoms with Gasteiger partial charge in [0, 0.05) is 31.4 Å². The first-order chi connectivity index (χ1) is 12.0. The lowest BCUT2D eigenvalue weighted by Gasteiger charge is -2.23. The molecule has 0 bridgehead atoms. The molecule has 0 radical (unpaired) electrons. The maximum absolute atomic E-state index is 13.4. The van der Waals surface area contributed by atoms with Crippen molar-refractivity contribution in [1.29, 1.82) is 0 Å². The van der Waals surface area contributed by atoms with E-state index in [1.807, 2.05) is 0 Å². The molecule has 1 aliphatic carbocycles. The van der Waals surface area contributed by atoms with Crippen molar-refractivity contribution in [3.63, 3.8) is 0 Å². The van der Waals surface area contributed by atoms with Gasteiger partial charge in [0.15, 0.2) is 11.6 Å². The van der Waals surface area contributed by atoms with Crippen LogP contribution in [0, 0.1) is 17.6 Å². The van der Waals surface area contributed by atoms with Crippen molar-refractivity contribution < 1.29 is 18.4 Å². The van der Waals surface area contributed by atoms with Crippen LogP contribution in [-0.4, -0.2) is 43.0 Å². The summed E-state index contributed by atoms with van der Waals surface area (Å²) in [6.07, 6.45) is 5.99. The van der Waals surface area contributed by atoms with Crippen LogP contribution in [0.2, 0.25) is 0 Å². The van der Waals surface area contributed by atoms with E-state index in [2.05, 4.69) is 5.32 Å². The molecule has 1 aliphatic heterocycles. The standard InChI is InChI=1S/C18H23F2N3O2/c19-15-7-6-14(10-16(15)20)23-9-8-22(18(23)25)12-17(24)21-11-13-4-2-1-3-5-13/h6-7,10,13H,1-5,8-9,11-12H2,(H,21,24). The lowest BCUT2D eigenvalue weighted by Crippen LogP contribution is -2.41. The summed E-state index contributed by atoms with van der Waals surface area (Å²) >= 11 is 0. The Labute approximate surface area is 146 Å². The Balaban J connectivity index is 1.51. The molecular weight excluding hydrogens is 328 g/mol. The highest BCUT2D eigenvalue weighted by atomic mass is 19.2. The van der Waals surface area contributed by atoms with E-state index in [9.17, 15) is 18.4 Å². The van der Waals surface area contributed by atoms with Crippen LogP contribution in [0.3, 0.4) is 0 Å². The van der Waals surface area contributed by atoms with Crippen LogP contribution in [0.15, 0.2) is 18.2 Å². The molecule has 1 aromatic rings. The first-order valence-corrected chi connectivity index (χ1v) is 8.83. The van der Waals surface area contributed by atoms with Gasteiger partial charge in [0.05, 0.1) is 0 Å². The van der Waals surface area contributed by atoms with Crippen molar-refractivity contribution in [3.05, 3.63) is 29.8 Å². The fraction of sp³-hybridized carbons (Fsp3) is 0.556. The lowest BCUT2D eigenvalue weighted by atomic mass is 9.89. The molecule has 0 unspecified atom stereocenters. The highest BCUT2D eigenvalue weighted by Crippen LogP contribution is 2.23. The van der Waals surface area contributed by atoms with E-state index >= 15 is 0 Å². The Kier molecular flexibility index (Phi) is 5.50. The summed E-state index contributed by atoms with van der Waals surface area (Å²) in [5.41, 5.74) is 0.300. The number of halogens is 2. The smallest absolute Gasteiger partial charge is 0.325 e. The number of urea groups is 1. The zero-order chi connectivity index (χ0) is 17.8. The van der Waals surface area contributed by atoms with Crippen LogP contribution in [0.1, 0.15) is 32.1 Å². The van der Waals surface area contributed by atoms with E-state index in [4.69, 9.17) is 0 Å². The molecule has 5 nitrogen and oxygen atoms in total. The van der Waals surface area contributed by atoms with Gasteiger partial charge in [0.1, 0.15) is 6.54 Å². The van der Waals surface area contributed by atoms with Crippen molar-refractivity contribution in [1.82, 2.24) is 10.2 Å². The summed E-state index contributed by atoms with van der Waals surface area (Å²) in [5.74, 6) is -1.58. The third-order valence-corrected chi connectivity index (χ3v) is 4.96. The van der Waals surface area contributed by atoms with Gasteiger partial charge < -0.3 is 10.2 Å². The van der Waals surface area contributed by atoms with Crippen LogP contribution in [-0.2, 0) is 4.79 Å². The maximum Gasteiger partial charge on any atom is 0.325 e. The van der Waals surface area contributed by atoms with Crippen molar-refractivity contribution in [3.8, 4) is 0 Å². The van der Waals surface area contributed by atoms with Crippen LogP contribution in [0.25, 0.3) is 0 Å². The molecule has 1 heterocycles. The quantitative estimate of drug-likeness (QED) is 0.887. The molecule has 2 fully saturated rings. The first-order valence-electron chi connectivity index (χ1n) is 8.83. The summed E-state index contributed by atoms with van der Waals surface area (Å²) in [4.78, 5) is 27.3. The number of amides is 3. The Hall–Kier alpha value is -2.18. The molecular formula is C18H23F2N3O2. The van der Waals surface area contributed by atoms with Gasteiger partial charge in [-0.3, -0.25) is 9.69 Å². The Bertz CT molecular complexity index is 647. The van der Waals surface area contributed by atoms with Gasteiger partial charge in [-0.05, 0) is 30.9 Å². The van der Waals surface area contributed by atoms with Crippen molar-refractivity contribution in [2.24, 2.45) is 5.92 Å². The van der Waals surface area contributed by atoms with Crippen LogP contribution < -0.4 is 10.2 Å².